The Hall–Kier alpha value is -1.96. The van der Waals surface area contributed by atoms with E-state index in [9.17, 15) is 0 Å². The van der Waals surface area contributed by atoms with Crippen LogP contribution in [0.1, 0.15) is 35.4 Å². The summed E-state index contributed by atoms with van der Waals surface area (Å²) in [4.78, 5) is 0. The molecule has 1 atom stereocenters. The molecule has 1 aliphatic carbocycles. The summed E-state index contributed by atoms with van der Waals surface area (Å²) in [5.41, 5.74) is 10.8. The maximum absolute atomic E-state index is 6.01. The summed E-state index contributed by atoms with van der Waals surface area (Å²) >= 11 is 0. The Morgan fingerprint density at radius 1 is 1.20 bits per heavy atom. The first-order chi connectivity index (χ1) is 9.74. The van der Waals surface area contributed by atoms with Gasteiger partial charge in [-0.15, -0.1) is 0 Å². The summed E-state index contributed by atoms with van der Waals surface area (Å²) in [6.07, 6.45) is 3.64. The van der Waals surface area contributed by atoms with Gasteiger partial charge in [0.05, 0.1) is 12.3 Å². The van der Waals surface area contributed by atoms with Crippen molar-refractivity contribution in [2.45, 2.75) is 32.1 Å². The number of hydrogen-bond donors (Lipinski definition) is 1. The molecule has 0 fully saturated rings. The second-order valence-corrected chi connectivity index (χ2v) is 5.64. The lowest BCUT2D eigenvalue weighted by molar-refractivity contribution is 0.276. The first-order valence-corrected chi connectivity index (χ1v) is 7.31. The molecule has 2 heteroatoms. The van der Waals surface area contributed by atoms with Crippen LogP contribution >= 0.6 is 0 Å². The third-order valence-electron chi connectivity index (χ3n) is 4.10. The van der Waals surface area contributed by atoms with Crippen LogP contribution in [0.15, 0.2) is 42.5 Å². The molecule has 0 bridgehead atoms. The molecule has 2 nitrogen and oxygen atoms in total. The first-order valence-electron chi connectivity index (χ1n) is 7.31. The monoisotopic (exact) mass is 267 g/mol. The van der Waals surface area contributed by atoms with E-state index in [0.717, 1.165) is 17.0 Å². The highest BCUT2D eigenvalue weighted by atomic mass is 16.5. The predicted octanol–water partition coefficient (Wildman–Crippen LogP) is 4.08. The highest BCUT2D eigenvalue weighted by Gasteiger charge is 2.20. The Balaban J connectivity index is 1.73. The number of fused-ring (bicyclic) bond motifs is 1. The minimum atomic E-state index is 0.487. The highest BCUT2D eigenvalue weighted by Crippen LogP contribution is 2.32. The fraction of sp³-hybridized carbons (Fsp3) is 0.333. The summed E-state index contributed by atoms with van der Waals surface area (Å²) in [7, 11) is 0. The lowest BCUT2D eigenvalue weighted by Crippen LogP contribution is -2.17. The van der Waals surface area contributed by atoms with E-state index in [1.165, 1.54) is 30.4 Å². The third kappa shape index (κ3) is 2.64. The van der Waals surface area contributed by atoms with Gasteiger partial charge >= 0.3 is 0 Å². The quantitative estimate of drug-likeness (QED) is 0.851. The van der Waals surface area contributed by atoms with Gasteiger partial charge in [-0.1, -0.05) is 30.3 Å². The maximum atomic E-state index is 6.01. The van der Waals surface area contributed by atoms with E-state index < -0.39 is 0 Å². The molecule has 0 amide bonds. The minimum Gasteiger partial charge on any atom is -0.491 e. The molecule has 104 valence electrons. The topological polar surface area (TPSA) is 35.2 Å². The van der Waals surface area contributed by atoms with Gasteiger partial charge in [0.1, 0.15) is 5.75 Å². The smallest absolute Gasteiger partial charge is 0.142 e. The van der Waals surface area contributed by atoms with E-state index in [-0.39, 0.29) is 0 Å². The van der Waals surface area contributed by atoms with Crippen molar-refractivity contribution < 1.29 is 4.74 Å². The molecule has 2 N–H and O–H groups in total. The van der Waals surface area contributed by atoms with Gasteiger partial charge in [0.25, 0.3) is 0 Å². The van der Waals surface area contributed by atoms with Crippen LogP contribution in [0.4, 0.5) is 5.69 Å². The van der Waals surface area contributed by atoms with Gasteiger partial charge in [-0.05, 0) is 55.0 Å². The van der Waals surface area contributed by atoms with Crippen LogP contribution in [0.25, 0.3) is 0 Å². The Morgan fingerprint density at radius 3 is 2.90 bits per heavy atom. The van der Waals surface area contributed by atoms with Gasteiger partial charge in [0.15, 0.2) is 0 Å². The van der Waals surface area contributed by atoms with Gasteiger partial charge in [0.2, 0.25) is 0 Å². The van der Waals surface area contributed by atoms with Crippen LogP contribution in [-0.2, 0) is 6.42 Å². The number of hydrogen-bond acceptors (Lipinski definition) is 2. The van der Waals surface area contributed by atoms with E-state index in [2.05, 4.69) is 24.3 Å². The van der Waals surface area contributed by atoms with Gasteiger partial charge in [-0.2, -0.15) is 0 Å². The van der Waals surface area contributed by atoms with Crippen LogP contribution in [-0.4, -0.2) is 6.61 Å². The normalized spacial score (nSPS) is 17.6. The van der Waals surface area contributed by atoms with E-state index >= 15 is 0 Å². The molecule has 0 spiro atoms. The van der Waals surface area contributed by atoms with Crippen molar-refractivity contribution >= 4 is 5.69 Å². The van der Waals surface area contributed by atoms with Crippen molar-refractivity contribution in [1.82, 2.24) is 0 Å². The Kier molecular flexibility index (Phi) is 3.64. The molecule has 0 saturated heterocycles. The van der Waals surface area contributed by atoms with E-state index in [1.807, 2.05) is 25.1 Å². The molecule has 20 heavy (non-hydrogen) atoms. The minimum absolute atomic E-state index is 0.487. The summed E-state index contributed by atoms with van der Waals surface area (Å²) in [5.74, 6) is 1.29. The molecule has 0 aliphatic heterocycles. The number of rotatable bonds is 3. The van der Waals surface area contributed by atoms with Crippen LogP contribution in [0, 0.1) is 6.92 Å². The van der Waals surface area contributed by atoms with Crippen LogP contribution < -0.4 is 10.5 Å². The van der Waals surface area contributed by atoms with Crippen molar-refractivity contribution in [1.29, 1.82) is 0 Å². The van der Waals surface area contributed by atoms with Crippen LogP contribution in [0.3, 0.4) is 0 Å². The number of anilines is 1. The summed E-state index contributed by atoms with van der Waals surface area (Å²) in [5, 5.41) is 0. The zero-order valence-corrected chi connectivity index (χ0v) is 11.9. The lowest BCUT2D eigenvalue weighted by Gasteiger charge is -2.25. The molecular weight excluding hydrogens is 246 g/mol. The predicted molar refractivity (Wildman–Crippen MR) is 83.2 cm³/mol. The fourth-order valence-corrected chi connectivity index (χ4v) is 3.02. The maximum Gasteiger partial charge on any atom is 0.142 e. The van der Waals surface area contributed by atoms with Crippen molar-refractivity contribution in [2.24, 2.45) is 0 Å². The van der Waals surface area contributed by atoms with E-state index in [0.29, 0.717) is 12.5 Å². The summed E-state index contributed by atoms with van der Waals surface area (Å²) < 4.78 is 5.96. The zero-order chi connectivity index (χ0) is 13.9. The van der Waals surface area contributed by atoms with Crippen molar-refractivity contribution in [3.63, 3.8) is 0 Å². The number of benzene rings is 2. The van der Waals surface area contributed by atoms with Crippen molar-refractivity contribution in [3.8, 4) is 5.75 Å². The summed E-state index contributed by atoms with van der Waals surface area (Å²) in [6, 6.07) is 14.7. The fourth-order valence-electron chi connectivity index (χ4n) is 3.02. The van der Waals surface area contributed by atoms with Gasteiger partial charge in [-0.25, -0.2) is 0 Å². The molecule has 1 aliphatic rings. The van der Waals surface area contributed by atoms with Gasteiger partial charge in [0, 0.05) is 5.92 Å². The third-order valence-corrected chi connectivity index (χ3v) is 4.10. The lowest BCUT2D eigenvalue weighted by atomic mass is 9.83. The second-order valence-electron chi connectivity index (χ2n) is 5.64. The molecule has 2 aromatic carbocycles. The zero-order valence-electron chi connectivity index (χ0n) is 11.9. The molecule has 0 heterocycles. The standard InChI is InChI=1S/C18H21NO/c1-13-9-10-18(17(19)11-13)20-12-15-7-4-6-14-5-2-3-8-16(14)15/h2-3,5,8-11,15H,4,6-7,12,19H2,1H3. The number of nitrogens with two attached hydrogens (primary N) is 1. The largest absolute Gasteiger partial charge is 0.491 e. The average molecular weight is 267 g/mol. The average Bonchev–Trinajstić information content (AvgIpc) is 2.46. The number of aryl methyl sites for hydroxylation is 2. The number of nitrogen functional groups attached to an aromatic ring is 1. The number of ether oxygens (including phenoxy) is 1. The van der Waals surface area contributed by atoms with Crippen LogP contribution in [0.2, 0.25) is 0 Å². The SMILES string of the molecule is Cc1ccc(OCC2CCCc3ccccc32)c(N)c1. The van der Waals surface area contributed by atoms with E-state index in [4.69, 9.17) is 10.5 Å². The van der Waals surface area contributed by atoms with Crippen LogP contribution in [0.5, 0.6) is 5.75 Å². The van der Waals surface area contributed by atoms with Gasteiger partial charge in [-0.3, -0.25) is 0 Å². The van der Waals surface area contributed by atoms with Gasteiger partial charge < -0.3 is 10.5 Å². The molecule has 1 unspecified atom stereocenters. The second kappa shape index (κ2) is 5.58. The molecular formula is C18H21NO. The first kappa shape index (κ1) is 13.0. The Bertz CT molecular complexity index is 606. The highest BCUT2D eigenvalue weighted by molar-refractivity contribution is 5.54. The Morgan fingerprint density at radius 2 is 2.05 bits per heavy atom. The van der Waals surface area contributed by atoms with Crippen molar-refractivity contribution in [2.75, 3.05) is 12.3 Å². The molecule has 0 radical (unpaired) electrons. The van der Waals surface area contributed by atoms with Crippen molar-refractivity contribution in [3.05, 3.63) is 59.2 Å². The van der Waals surface area contributed by atoms with E-state index in [1.54, 1.807) is 0 Å². The molecule has 0 saturated carbocycles. The molecule has 2 aromatic rings. The Labute approximate surface area is 120 Å². The molecule has 0 aromatic heterocycles. The summed E-state index contributed by atoms with van der Waals surface area (Å²) in [6.45, 7) is 2.75. The molecule has 3 rings (SSSR count).